The van der Waals surface area contributed by atoms with E-state index >= 15 is 0 Å². The minimum atomic E-state index is 0. The molecule has 0 saturated carbocycles. The molecule has 12 heavy (non-hydrogen) atoms. The fraction of sp³-hybridized carbons (Fsp3) is 0.364. The van der Waals surface area contributed by atoms with Crippen molar-refractivity contribution < 1.29 is 18.9 Å². The summed E-state index contributed by atoms with van der Waals surface area (Å²) < 4.78 is 0. The molecule has 0 heterocycles. The monoisotopic (exact) mass is 154 g/mol. The molecule has 0 aromatic heterocycles. The zero-order valence-electron chi connectivity index (χ0n) is 8.78. The third-order valence-corrected chi connectivity index (χ3v) is 2.59. The molecular weight excluding hydrogens is 139 g/mol. The molecule has 1 heteroatoms. The maximum atomic E-state index is 3.98. The quantitative estimate of drug-likeness (QED) is 0.367. The second-order valence-electron chi connectivity index (χ2n) is 3.23. The van der Waals surface area contributed by atoms with Crippen LogP contribution in [0, 0.1) is 34.6 Å². The summed E-state index contributed by atoms with van der Waals surface area (Å²) >= 11 is 0. The molecule has 0 unspecified atom stereocenters. The average Bonchev–Trinajstić information content (AvgIpc) is 1.97. The van der Waals surface area contributed by atoms with Crippen molar-refractivity contribution >= 4 is 0 Å². The Morgan fingerprint density at radius 1 is 0.917 bits per heavy atom. The Kier molecular flexibility index (Phi) is 3.97. The maximum absolute atomic E-state index is 3.98. The second-order valence-corrected chi connectivity index (χ2v) is 3.23. The molecule has 0 radical (unpaired) electrons. The summed E-state index contributed by atoms with van der Waals surface area (Å²) in [7, 11) is 0. The van der Waals surface area contributed by atoms with Crippen LogP contribution in [0.5, 0.6) is 0 Å². The minimum absolute atomic E-state index is 0. The SMILES string of the molecule is [CH2-]c1cc(C)c(C)c(C)c1C.[Li+]. The van der Waals surface area contributed by atoms with Crippen molar-refractivity contribution in [3.05, 3.63) is 40.8 Å². The molecule has 1 aromatic rings. The van der Waals surface area contributed by atoms with Gasteiger partial charge in [-0.25, -0.2) is 0 Å². The van der Waals surface area contributed by atoms with Crippen molar-refractivity contribution in [2.24, 2.45) is 0 Å². The Labute approximate surface area is 87.6 Å². The van der Waals surface area contributed by atoms with E-state index in [4.69, 9.17) is 0 Å². The van der Waals surface area contributed by atoms with E-state index in [1.165, 1.54) is 22.3 Å². The fourth-order valence-corrected chi connectivity index (χ4v) is 1.30. The van der Waals surface area contributed by atoms with Gasteiger partial charge in [0.2, 0.25) is 0 Å². The van der Waals surface area contributed by atoms with Gasteiger partial charge in [-0.3, -0.25) is 0 Å². The van der Waals surface area contributed by atoms with Crippen LogP contribution in [0.1, 0.15) is 27.8 Å². The van der Waals surface area contributed by atoms with Gasteiger partial charge in [0.15, 0.2) is 0 Å². The van der Waals surface area contributed by atoms with Crippen LogP contribution in [-0.2, 0) is 0 Å². The largest absolute Gasteiger partial charge is 1.00 e. The molecule has 0 amide bonds. The Hall–Kier alpha value is -0.313. The van der Waals surface area contributed by atoms with Crippen LogP contribution in [0.25, 0.3) is 0 Å². The van der Waals surface area contributed by atoms with Crippen LogP contribution >= 0.6 is 0 Å². The summed E-state index contributed by atoms with van der Waals surface area (Å²) in [6, 6.07) is 2.15. The van der Waals surface area contributed by atoms with E-state index in [0.717, 1.165) is 5.56 Å². The van der Waals surface area contributed by atoms with Gasteiger partial charge in [0.25, 0.3) is 0 Å². The molecule has 0 atom stereocenters. The minimum Gasteiger partial charge on any atom is -0.198 e. The van der Waals surface area contributed by atoms with E-state index in [2.05, 4.69) is 40.7 Å². The summed E-state index contributed by atoms with van der Waals surface area (Å²) in [5, 5.41) is 0. The number of hydrogen-bond acceptors (Lipinski definition) is 0. The molecule has 0 spiro atoms. The number of benzene rings is 1. The first-order valence-electron chi connectivity index (χ1n) is 3.93. The second kappa shape index (κ2) is 4.08. The van der Waals surface area contributed by atoms with Crippen LogP contribution in [0.15, 0.2) is 6.07 Å². The molecule has 0 N–H and O–H groups in total. The van der Waals surface area contributed by atoms with Crippen molar-refractivity contribution in [2.75, 3.05) is 0 Å². The van der Waals surface area contributed by atoms with Crippen molar-refractivity contribution in [2.45, 2.75) is 27.7 Å². The van der Waals surface area contributed by atoms with E-state index in [9.17, 15) is 0 Å². The maximum Gasteiger partial charge on any atom is 1.00 e. The van der Waals surface area contributed by atoms with E-state index in [1.54, 1.807) is 0 Å². The van der Waals surface area contributed by atoms with E-state index < -0.39 is 0 Å². The summed E-state index contributed by atoms with van der Waals surface area (Å²) in [5.41, 5.74) is 6.61. The first-order valence-corrected chi connectivity index (χ1v) is 3.93. The van der Waals surface area contributed by atoms with Gasteiger partial charge in [-0.05, 0) is 6.92 Å². The zero-order chi connectivity index (χ0) is 8.59. The predicted octanol–water partition coefficient (Wildman–Crippen LogP) is 0.106. The van der Waals surface area contributed by atoms with Gasteiger partial charge >= 0.3 is 18.9 Å². The average molecular weight is 154 g/mol. The van der Waals surface area contributed by atoms with Crippen LogP contribution in [0.4, 0.5) is 0 Å². The zero-order valence-corrected chi connectivity index (χ0v) is 8.78. The Morgan fingerprint density at radius 3 is 1.92 bits per heavy atom. The standard InChI is InChI=1S/C11H15.Li/c1-7-6-8(2)10(4)11(5)9(7)3;/h6H,1H2,2-5H3;/q-1;+1. The van der Waals surface area contributed by atoms with Crippen LogP contribution in [-0.4, -0.2) is 0 Å². The number of rotatable bonds is 0. The Bertz CT molecular complexity index is 261. The smallest absolute Gasteiger partial charge is 0.198 e. The molecule has 0 fully saturated rings. The van der Waals surface area contributed by atoms with Crippen molar-refractivity contribution in [3.8, 4) is 0 Å². The van der Waals surface area contributed by atoms with Crippen LogP contribution in [0.3, 0.4) is 0 Å². The van der Waals surface area contributed by atoms with Gasteiger partial charge in [0.05, 0.1) is 0 Å². The van der Waals surface area contributed by atoms with Gasteiger partial charge in [-0.1, -0.05) is 26.3 Å². The number of aryl methyl sites for hydroxylation is 1. The van der Waals surface area contributed by atoms with Gasteiger partial charge in [-0.15, -0.1) is 16.7 Å². The first-order chi connectivity index (χ1) is 5.04. The normalized spacial score (nSPS) is 9.33. The van der Waals surface area contributed by atoms with E-state index in [1.807, 2.05) is 0 Å². The third kappa shape index (κ3) is 1.89. The van der Waals surface area contributed by atoms with Gasteiger partial charge in [-0.2, -0.15) is 18.6 Å². The fourth-order valence-electron chi connectivity index (χ4n) is 1.30. The predicted molar refractivity (Wildman–Crippen MR) is 49.8 cm³/mol. The molecule has 1 rings (SSSR count). The molecule has 60 valence electrons. The molecule has 0 aliphatic heterocycles. The van der Waals surface area contributed by atoms with Gasteiger partial charge in [0.1, 0.15) is 0 Å². The van der Waals surface area contributed by atoms with Gasteiger partial charge < -0.3 is 0 Å². The van der Waals surface area contributed by atoms with Crippen LogP contribution in [0.2, 0.25) is 0 Å². The Balaban J connectivity index is 0.00000121. The molecule has 0 aliphatic rings. The van der Waals surface area contributed by atoms with Crippen molar-refractivity contribution in [3.63, 3.8) is 0 Å². The van der Waals surface area contributed by atoms with Crippen molar-refractivity contribution in [1.82, 2.24) is 0 Å². The summed E-state index contributed by atoms with van der Waals surface area (Å²) in [4.78, 5) is 0. The third-order valence-electron chi connectivity index (χ3n) is 2.59. The van der Waals surface area contributed by atoms with Crippen molar-refractivity contribution in [1.29, 1.82) is 0 Å². The summed E-state index contributed by atoms with van der Waals surface area (Å²) in [6.07, 6.45) is 0. The topological polar surface area (TPSA) is 0 Å². The molecular formula is C11H15Li. The van der Waals surface area contributed by atoms with Gasteiger partial charge in [0, 0.05) is 0 Å². The molecule has 0 nitrogen and oxygen atoms in total. The molecule has 1 aromatic carbocycles. The van der Waals surface area contributed by atoms with E-state index in [-0.39, 0.29) is 18.9 Å². The van der Waals surface area contributed by atoms with Crippen LogP contribution < -0.4 is 18.9 Å². The Morgan fingerprint density at radius 2 is 1.42 bits per heavy atom. The summed E-state index contributed by atoms with van der Waals surface area (Å²) in [6.45, 7) is 12.6. The molecule has 0 saturated heterocycles. The molecule has 0 aliphatic carbocycles. The summed E-state index contributed by atoms with van der Waals surface area (Å²) in [5.74, 6) is 0. The molecule has 0 bridgehead atoms. The first kappa shape index (κ1) is 11.7. The number of hydrogen-bond donors (Lipinski definition) is 0. The van der Waals surface area contributed by atoms with E-state index in [0.29, 0.717) is 0 Å².